The van der Waals surface area contributed by atoms with Crippen LogP contribution in [-0.4, -0.2) is 36.3 Å². The van der Waals surface area contributed by atoms with Crippen molar-refractivity contribution >= 4 is 24.2 Å². The van der Waals surface area contributed by atoms with Gasteiger partial charge in [-0.3, -0.25) is 9.59 Å². The number of likely N-dealkylation sites (tertiary alicyclic amines) is 1. The Bertz CT molecular complexity index is 780. The molecule has 0 aliphatic carbocycles. The lowest BCUT2D eigenvalue weighted by molar-refractivity contribution is -0.130. The van der Waals surface area contributed by atoms with Gasteiger partial charge in [0.05, 0.1) is 12.5 Å². The number of halogens is 1. The third-order valence-corrected chi connectivity index (χ3v) is 5.17. The van der Waals surface area contributed by atoms with Gasteiger partial charge in [0, 0.05) is 18.7 Å². The number of nitrogens with zero attached hydrogens (tertiary/aromatic N) is 1. The lowest BCUT2D eigenvalue weighted by atomic mass is 10.0. The second-order valence-corrected chi connectivity index (χ2v) is 7.24. The Labute approximate surface area is 172 Å². The van der Waals surface area contributed by atoms with Gasteiger partial charge in [0.1, 0.15) is 0 Å². The van der Waals surface area contributed by atoms with E-state index in [4.69, 9.17) is 5.73 Å². The number of nitrogens with two attached hydrogens (primary N) is 1. The topological polar surface area (TPSA) is 75.4 Å². The quantitative estimate of drug-likeness (QED) is 0.780. The van der Waals surface area contributed by atoms with Crippen molar-refractivity contribution in [2.24, 2.45) is 11.7 Å². The summed E-state index contributed by atoms with van der Waals surface area (Å²) in [6.45, 7) is 4.05. The molecule has 1 aliphatic rings. The van der Waals surface area contributed by atoms with Crippen LogP contribution in [0, 0.1) is 12.8 Å². The first kappa shape index (κ1) is 21.9. The molecule has 2 amide bonds. The van der Waals surface area contributed by atoms with Gasteiger partial charge in [-0.05, 0) is 43.5 Å². The minimum Gasteiger partial charge on any atom is -0.345 e. The molecule has 1 saturated heterocycles. The summed E-state index contributed by atoms with van der Waals surface area (Å²) in [5.41, 5.74) is 8.36. The molecular weight excluding hydrogens is 374 g/mol. The highest BCUT2D eigenvalue weighted by molar-refractivity contribution is 5.94. The van der Waals surface area contributed by atoms with E-state index in [1.54, 1.807) is 12.1 Å². The van der Waals surface area contributed by atoms with Crippen molar-refractivity contribution in [2.45, 2.75) is 25.8 Å². The molecule has 1 fully saturated rings. The Morgan fingerprint density at radius 1 is 1.14 bits per heavy atom. The number of aryl methyl sites for hydroxylation is 1. The van der Waals surface area contributed by atoms with E-state index in [9.17, 15) is 9.59 Å². The third-order valence-electron chi connectivity index (χ3n) is 5.17. The Balaban J connectivity index is 0.00000280. The van der Waals surface area contributed by atoms with Crippen LogP contribution in [-0.2, 0) is 4.79 Å². The fourth-order valence-corrected chi connectivity index (χ4v) is 3.44. The molecule has 150 valence electrons. The minimum atomic E-state index is -0.357. The molecule has 0 radical (unpaired) electrons. The van der Waals surface area contributed by atoms with Crippen LogP contribution >= 0.6 is 12.4 Å². The molecule has 0 spiro atoms. The van der Waals surface area contributed by atoms with Crippen molar-refractivity contribution < 1.29 is 9.59 Å². The second kappa shape index (κ2) is 10.2. The predicted molar refractivity (Wildman–Crippen MR) is 113 cm³/mol. The normalized spacial score (nSPS) is 16.9. The Kier molecular flexibility index (Phi) is 8.03. The maximum atomic E-state index is 12.8. The highest BCUT2D eigenvalue weighted by Gasteiger charge is 2.28. The zero-order chi connectivity index (χ0) is 19.2. The molecule has 3 N–H and O–H groups in total. The van der Waals surface area contributed by atoms with Crippen LogP contribution < -0.4 is 11.1 Å². The molecular formula is C22H28ClN3O2. The van der Waals surface area contributed by atoms with Gasteiger partial charge in [-0.25, -0.2) is 0 Å². The molecule has 0 aromatic heterocycles. The average Bonchev–Trinajstić information content (AvgIpc) is 3.18. The fourth-order valence-electron chi connectivity index (χ4n) is 3.44. The van der Waals surface area contributed by atoms with Gasteiger partial charge in [-0.1, -0.05) is 48.0 Å². The van der Waals surface area contributed by atoms with Gasteiger partial charge in [-0.2, -0.15) is 0 Å². The Hall–Kier alpha value is -2.37. The summed E-state index contributed by atoms with van der Waals surface area (Å²) < 4.78 is 0. The maximum absolute atomic E-state index is 12.8. The summed E-state index contributed by atoms with van der Waals surface area (Å²) in [6.07, 6.45) is 1.20. The van der Waals surface area contributed by atoms with E-state index in [0.29, 0.717) is 24.6 Å². The van der Waals surface area contributed by atoms with E-state index >= 15 is 0 Å². The van der Waals surface area contributed by atoms with E-state index in [1.807, 2.05) is 54.3 Å². The first-order valence-corrected chi connectivity index (χ1v) is 9.47. The van der Waals surface area contributed by atoms with Gasteiger partial charge in [-0.15, -0.1) is 12.4 Å². The first-order valence-electron chi connectivity index (χ1n) is 9.47. The summed E-state index contributed by atoms with van der Waals surface area (Å²) in [6, 6.07) is 16.7. The highest BCUT2D eigenvalue weighted by atomic mass is 35.5. The molecule has 28 heavy (non-hydrogen) atoms. The molecule has 5 nitrogen and oxygen atoms in total. The van der Waals surface area contributed by atoms with Crippen molar-refractivity contribution in [3.8, 4) is 0 Å². The first-order chi connectivity index (χ1) is 13.1. The maximum Gasteiger partial charge on any atom is 0.251 e. The number of benzene rings is 2. The number of rotatable bonds is 6. The van der Waals surface area contributed by atoms with Crippen molar-refractivity contribution in [2.75, 3.05) is 19.6 Å². The van der Waals surface area contributed by atoms with Gasteiger partial charge < -0.3 is 16.0 Å². The van der Waals surface area contributed by atoms with Crippen LogP contribution in [0.2, 0.25) is 0 Å². The van der Waals surface area contributed by atoms with Crippen molar-refractivity contribution in [1.29, 1.82) is 0 Å². The summed E-state index contributed by atoms with van der Waals surface area (Å²) >= 11 is 0. The molecule has 2 atom stereocenters. The largest absolute Gasteiger partial charge is 0.345 e. The van der Waals surface area contributed by atoms with Crippen LogP contribution in [0.5, 0.6) is 0 Å². The molecule has 1 aliphatic heterocycles. The molecule has 2 aromatic rings. The SMILES string of the molecule is Cc1ccc(C(=O)NC(CC(=O)N2CCC(CN)C2)c2ccccc2)cc1.Cl. The van der Waals surface area contributed by atoms with Crippen molar-refractivity contribution in [1.82, 2.24) is 10.2 Å². The summed E-state index contributed by atoms with van der Waals surface area (Å²) in [5.74, 6) is 0.271. The summed E-state index contributed by atoms with van der Waals surface area (Å²) in [4.78, 5) is 27.3. The molecule has 2 unspecified atom stereocenters. The van der Waals surface area contributed by atoms with Crippen LogP contribution in [0.1, 0.15) is 40.4 Å². The monoisotopic (exact) mass is 401 g/mol. The molecule has 3 rings (SSSR count). The molecule has 1 heterocycles. The Morgan fingerprint density at radius 2 is 1.82 bits per heavy atom. The van der Waals surface area contributed by atoms with Gasteiger partial charge in [0.25, 0.3) is 5.91 Å². The molecule has 0 saturated carbocycles. The van der Waals surface area contributed by atoms with Gasteiger partial charge in [0.15, 0.2) is 0 Å². The van der Waals surface area contributed by atoms with Crippen molar-refractivity contribution in [3.63, 3.8) is 0 Å². The average molecular weight is 402 g/mol. The number of carbonyl (C=O) groups excluding carboxylic acids is 2. The highest BCUT2D eigenvalue weighted by Crippen LogP contribution is 2.22. The van der Waals surface area contributed by atoms with Crippen LogP contribution in [0.15, 0.2) is 54.6 Å². The van der Waals surface area contributed by atoms with Crippen LogP contribution in [0.3, 0.4) is 0 Å². The number of hydrogen-bond donors (Lipinski definition) is 2. The van der Waals surface area contributed by atoms with Gasteiger partial charge in [0.2, 0.25) is 5.91 Å². The zero-order valence-electron chi connectivity index (χ0n) is 16.1. The minimum absolute atomic E-state index is 0. The van der Waals surface area contributed by atoms with Gasteiger partial charge >= 0.3 is 0 Å². The lowest BCUT2D eigenvalue weighted by Crippen LogP contribution is -2.36. The summed E-state index contributed by atoms with van der Waals surface area (Å²) in [7, 11) is 0. The number of carbonyl (C=O) groups is 2. The number of nitrogens with one attached hydrogen (secondary N) is 1. The number of amides is 2. The molecule has 2 aromatic carbocycles. The third kappa shape index (κ3) is 5.57. The smallest absolute Gasteiger partial charge is 0.251 e. The zero-order valence-corrected chi connectivity index (χ0v) is 17.0. The standard InChI is InChI=1S/C22H27N3O2.ClH/c1-16-7-9-19(10-8-16)22(27)24-20(18-5-3-2-4-6-18)13-21(26)25-12-11-17(14-23)15-25;/h2-10,17,20H,11-15,23H2,1H3,(H,24,27);1H. The fraction of sp³-hybridized carbons (Fsp3) is 0.364. The van der Waals surface area contributed by atoms with Crippen LogP contribution in [0.4, 0.5) is 0 Å². The van der Waals surface area contributed by atoms with E-state index in [1.165, 1.54) is 0 Å². The summed E-state index contributed by atoms with van der Waals surface area (Å²) in [5, 5.41) is 3.04. The van der Waals surface area contributed by atoms with E-state index in [2.05, 4.69) is 5.32 Å². The molecule has 0 bridgehead atoms. The number of hydrogen-bond acceptors (Lipinski definition) is 3. The van der Waals surface area contributed by atoms with E-state index in [-0.39, 0.29) is 36.7 Å². The van der Waals surface area contributed by atoms with Crippen LogP contribution in [0.25, 0.3) is 0 Å². The molecule has 6 heteroatoms. The lowest BCUT2D eigenvalue weighted by Gasteiger charge is -2.23. The Morgan fingerprint density at radius 3 is 2.43 bits per heavy atom. The van der Waals surface area contributed by atoms with Crippen molar-refractivity contribution in [3.05, 3.63) is 71.3 Å². The van der Waals surface area contributed by atoms with E-state index in [0.717, 1.165) is 24.1 Å². The van der Waals surface area contributed by atoms with E-state index < -0.39 is 0 Å². The predicted octanol–water partition coefficient (Wildman–Crippen LogP) is 3.09. The second-order valence-electron chi connectivity index (χ2n) is 7.24.